The van der Waals surface area contributed by atoms with Crippen molar-refractivity contribution in [1.82, 2.24) is 0 Å². The number of quaternary nitrogens is 1. The van der Waals surface area contributed by atoms with Crippen molar-refractivity contribution >= 4 is 35.8 Å². The maximum absolute atomic E-state index is 10.5. The molecule has 0 aromatic carbocycles. The van der Waals surface area contributed by atoms with Crippen LogP contribution in [0.15, 0.2) is 0 Å². The summed E-state index contributed by atoms with van der Waals surface area (Å²) in [5, 5.41) is 62.6. The number of ether oxygens (including phenoxy) is 1. The Bertz CT molecular complexity index is 665. The van der Waals surface area contributed by atoms with E-state index < -0.39 is 48.4 Å². The number of nitrogens with zero attached hydrogens (tertiary/aromatic N) is 2. The highest BCUT2D eigenvalue weighted by molar-refractivity contribution is 5.70. The molecule has 0 amide bonds. The second-order valence-electron chi connectivity index (χ2n) is 6.10. The lowest BCUT2D eigenvalue weighted by Crippen LogP contribution is -2.45. The molecule has 0 spiro atoms. The lowest BCUT2D eigenvalue weighted by Gasteiger charge is -2.23. The van der Waals surface area contributed by atoms with Gasteiger partial charge in [0.05, 0.1) is 58.1 Å². The Balaban J connectivity index is -0.0000000379. The number of carboxylic acids is 6. The summed E-state index contributed by atoms with van der Waals surface area (Å²) >= 11 is 0. The van der Waals surface area contributed by atoms with Gasteiger partial charge in [0.15, 0.2) is 0 Å². The van der Waals surface area contributed by atoms with Crippen molar-refractivity contribution in [2.75, 3.05) is 41.4 Å². The normalized spacial score (nSPS) is 8.11. The molecule has 18 heteroatoms. The quantitative estimate of drug-likeness (QED) is 0.279. The van der Waals surface area contributed by atoms with Crippen LogP contribution in [0, 0.1) is 11.3 Å². The third kappa shape index (κ3) is 182. The van der Waals surface area contributed by atoms with E-state index in [1.807, 2.05) is 0 Å². The van der Waals surface area contributed by atoms with E-state index in [9.17, 15) is 42.9 Å². The van der Waals surface area contributed by atoms with Gasteiger partial charge in [0.2, 0.25) is 0 Å². The smallest absolute Gasteiger partial charge is 0.430 e. The van der Waals surface area contributed by atoms with Crippen molar-refractivity contribution in [3.63, 3.8) is 0 Å². The highest BCUT2D eigenvalue weighted by Gasteiger charge is 2.28. The number of rotatable bonds is 5. The van der Waals surface area contributed by atoms with Gasteiger partial charge in [-0.3, -0.25) is 0 Å². The van der Waals surface area contributed by atoms with E-state index in [2.05, 4.69) is 4.74 Å². The van der Waals surface area contributed by atoms with Gasteiger partial charge in [0, 0.05) is 19.0 Å². The number of methoxy groups -OCH3 is 1. The summed E-state index contributed by atoms with van der Waals surface area (Å²) < 4.78 is 36.1. The standard InChI is InChI=1S/C5H11NO2.C3H3NO2.C3H6O3.C2HF3O2.2C2H4O2.3CH4/c1-6(2,3)4-5(7)8;4-2-1-3(5)6;1-6-2-3(4)5;3-2(4,5)1(6)7;2*1-2(3)4;;;/h4H2,1-3H3;1H2,(H,5,6);2H2,1H3,(H,4,5);(H,6,7);2*1H3,(H,3,4);3*1H4/p-5. The number of carboxylic acid groups (broad SMARTS) is 6. The molecular formula is C20H36F3N2O13-5. The van der Waals surface area contributed by atoms with Gasteiger partial charge in [0.1, 0.15) is 12.5 Å². The van der Waals surface area contributed by atoms with Gasteiger partial charge in [-0.25, -0.2) is 0 Å². The summed E-state index contributed by atoms with van der Waals surface area (Å²) in [6.45, 7) is 1.69. The molecular weight excluding hydrogens is 533 g/mol. The summed E-state index contributed by atoms with van der Waals surface area (Å²) in [7, 11) is 6.71. The second-order valence-corrected chi connectivity index (χ2v) is 6.10. The maximum atomic E-state index is 10.5. The van der Waals surface area contributed by atoms with E-state index in [1.54, 1.807) is 21.1 Å². The van der Waals surface area contributed by atoms with E-state index in [0.29, 0.717) is 4.48 Å². The molecule has 0 unspecified atom stereocenters. The number of hydrogen-bond acceptors (Lipinski definition) is 14. The van der Waals surface area contributed by atoms with Crippen molar-refractivity contribution in [3.8, 4) is 6.07 Å². The molecule has 15 nitrogen and oxygen atoms in total. The van der Waals surface area contributed by atoms with Crippen LogP contribution in [0.25, 0.3) is 0 Å². The van der Waals surface area contributed by atoms with E-state index in [0.717, 1.165) is 13.8 Å². The number of nitriles is 1. The molecule has 0 N–H and O–H groups in total. The van der Waals surface area contributed by atoms with E-state index >= 15 is 0 Å². The molecule has 0 radical (unpaired) electrons. The first-order chi connectivity index (χ1) is 15.4. The minimum atomic E-state index is -5.19. The van der Waals surface area contributed by atoms with Gasteiger partial charge in [-0.15, -0.1) is 0 Å². The van der Waals surface area contributed by atoms with Crippen molar-refractivity contribution in [3.05, 3.63) is 0 Å². The van der Waals surface area contributed by atoms with Crippen LogP contribution >= 0.6 is 0 Å². The number of halogens is 3. The number of alkyl halides is 3. The molecule has 38 heavy (non-hydrogen) atoms. The fourth-order valence-corrected chi connectivity index (χ4v) is 0.570. The van der Waals surface area contributed by atoms with Gasteiger partial charge < -0.3 is 68.6 Å². The van der Waals surface area contributed by atoms with Gasteiger partial charge in [0.25, 0.3) is 0 Å². The van der Waals surface area contributed by atoms with Crippen LogP contribution < -0.4 is 30.6 Å². The second kappa shape index (κ2) is 35.2. The predicted octanol–water partition coefficient (Wildman–Crippen LogP) is -5.81. The molecule has 0 saturated carbocycles. The summed E-state index contributed by atoms with van der Waals surface area (Å²) in [6.07, 6.45) is -5.71. The Morgan fingerprint density at radius 3 is 1.03 bits per heavy atom. The monoisotopic (exact) mass is 569 g/mol. The minimum Gasteiger partial charge on any atom is -0.550 e. The molecule has 0 aromatic rings. The summed E-state index contributed by atoms with van der Waals surface area (Å²) in [4.78, 5) is 55.1. The molecule has 0 rings (SSSR count). The minimum absolute atomic E-state index is 0. The number of likely N-dealkylation sites (N-methyl/N-ethyl adjacent to an activating group) is 1. The highest BCUT2D eigenvalue weighted by atomic mass is 19.4. The van der Waals surface area contributed by atoms with Crippen LogP contribution in [0.2, 0.25) is 0 Å². The van der Waals surface area contributed by atoms with E-state index in [1.165, 1.54) is 13.2 Å². The van der Waals surface area contributed by atoms with Crippen LogP contribution in [-0.4, -0.2) is 87.9 Å². The first kappa shape index (κ1) is 59.3. The van der Waals surface area contributed by atoms with Gasteiger partial charge >= 0.3 is 6.18 Å². The van der Waals surface area contributed by atoms with Crippen LogP contribution in [0.3, 0.4) is 0 Å². The molecule has 0 heterocycles. The van der Waals surface area contributed by atoms with Crippen LogP contribution in [-0.2, 0) is 33.5 Å². The largest absolute Gasteiger partial charge is 0.550 e. The lowest BCUT2D eigenvalue weighted by atomic mass is 10.5. The Morgan fingerprint density at radius 1 is 0.763 bits per heavy atom. The van der Waals surface area contributed by atoms with Crippen molar-refractivity contribution in [2.45, 2.75) is 48.7 Å². The Kier molecular flexibility index (Phi) is 54.9. The van der Waals surface area contributed by atoms with E-state index in [-0.39, 0.29) is 35.4 Å². The van der Waals surface area contributed by atoms with E-state index in [4.69, 9.17) is 35.0 Å². The Morgan fingerprint density at radius 2 is 1.03 bits per heavy atom. The third-order valence-electron chi connectivity index (χ3n) is 1.32. The van der Waals surface area contributed by atoms with Crippen LogP contribution in [0.1, 0.15) is 42.5 Å². The zero-order valence-electron chi connectivity index (χ0n) is 19.5. The molecule has 230 valence electrons. The first-order valence-corrected chi connectivity index (χ1v) is 8.26. The molecule has 0 aliphatic carbocycles. The lowest BCUT2D eigenvalue weighted by molar-refractivity contribution is -0.864. The molecule has 0 aromatic heterocycles. The summed E-state index contributed by atoms with van der Waals surface area (Å²) in [5.41, 5.74) is 0. The molecule has 0 aliphatic rings. The number of hydrogen-bond donors (Lipinski definition) is 0. The Hall–Kier alpha value is -3.98. The third-order valence-corrected chi connectivity index (χ3v) is 1.32. The maximum Gasteiger partial charge on any atom is 0.430 e. The van der Waals surface area contributed by atoms with Crippen molar-refractivity contribution in [2.24, 2.45) is 0 Å². The SMILES string of the molecule is C.C.C.CC(=O)[O-].CC(=O)[O-].COCC(=O)[O-].C[N+](C)(C)CC(=O)[O-].N#CCC(=O)[O-].O=C([O-])C(F)(F)F. The predicted molar refractivity (Wildman–Crippen MR) is 113 cm³/mol. The Labute approximate surface area is 219 Å². The molecule has 0 bridgehead atoms. The molecule has 0 aliphatic heterocycles. The fourth-order valence-electron chi connectivity index (χ4n) is 0.570. The zero-order valence-corrected chi connectivity index (χ0v) is 19.5. The zero-order chi connectivity index (χ0) is 30.0. The topological polar surface area (TPSA) is 274 Å². The van der Waals surface area contributed by atoms with Gasteiger partial charge in [-0.1, -0.05) is 22.3 Å². The molecule has 0 fully saturated rings. The average molecular weight is 570 g/mol. The van der Waals surface area contributed by atoms with Gasteiger partial charge in [-0.2, -0.15) is 18.4 Å². The van der Waals surface area contributed by atoms with Crippen LogP contribution in [0.5, 0.6) is 0 Å². The van der Waals surface area contributed by atoms with Crippen molar-refractivity contribution in [1.29, 1.82) is 5.26 Å². The summed E-state index contributed by atoms with van der Waals surface area (Å²) in [6, 6.07) is 1.41. The van der Waals surface area contributed by atoms with Crippen molar-refractivity contribution < 1.29 is 81.8 Å². The molecule has 0 saturated heterocycles. The number of aliphatic carboxylic acids is 6. The van der Waals surface area contributed by atoms with Gasteiger partial charge in [-0.05, 0) is 13.8 Å². The van der Waals surface area contributed by atoms with Crippen LogP contribution in [0.4, 0.5) is 13.2 Å². The fraction of sp³-hybridized carbons (Fsp3) is 0.650. The first-order valence-electron chi connectivity index (χ1n) is 8.26. The summed E-state index contributed by atoms with van der Waals surface area (Å²) in [5.74, 6) is -8.68. The highest BCUT2D eigenvalue weighted by Crippen LogP contribution is 2.11. The number of carbonyl (C=O) groups excluding carboxylic acids is 6. The number of carbonyl (C=O) groups is 6. The average Bonchev–Trinajstić information content (AvgIpc) is 2.51. The molecule has 0 atom stereocenters.